The highest BCUT2D eigenvalue weighted by Crippen LogP contribution is 2.23. The van der Waals surface area contributed by atoms with Crippen LogP contribution < -0.4 is 5.63 Å². The van der Waals surface area contributed by atoms with E-state index in [4.69, 9.17) is 9.15 Å². The van der Waals surface area contributed by atoms with E-state index in [1.54, 1.807) is 25.1 Å². The van der Waals surface area contributed by atoms with Crippen molar-refractivity contribution in [2.45, 2.75) is 6.92 Å². The topological polar surface area (TPSA) is 81.2 Å². The van der Waals surface area contributed by atoms with Crippen LogP contribution >= 0.6 is 0 Å². The number of fused-ring (bicyclic) bond motifs is 1. The molecule has 0 saturated heterocycles. The molecular formula is C18H14N2O4. The second-order valence-corrected chi connectivity index (χ2v) is 4.93. The summed E-state index contributed by atoms with van der Waals surface area (Å²) in [6, 6.07) is 15.7. The second-order valence-electron chi connectivity index (χ2n) is 4.93. The molecule has 1 aromatic heterocycles. The Labute approximate surface area is 137 Å². The molecule has 0 saturated carbocycles. The summed E-state index contributed by atoms with van der Waals surface area (Å²) in [6.45, 7) is 1.85. The molecule has 6 heteroatoms. The molecule has 120 valence electrons. The standard InChI is InChI=1S/C18H14N2O4/c1-2-23-17(21)15-11-12-10-14(8-9-16(12)24-18(15)22)20-19-13-6-4-3-5-7-13/h3-11H,2H2,1H3/b20-19+. The first-order chi connectivity index (χ1) is 11.7. The van der Waals surface area contributed by atoms with E-state index in [0.29, 0.717) is 16.7 Å². The lowest BCUT2D eigenvalue weighted by Crippen LogP contribution is -2.16. The van der Waals surface area contributed by atoms with Gasteiger partial charge in [0.2, 0.25) is 0 Å². The van der Waals surface area contributed by atoms with Crippen molar-refractivity contribution in [3.63, 3.8) is 0 Å². The van der Waals surface area contributed by atoms with Crippen LogP contribution in [0, 0.1) is 0 Å². The molecule has 0 bridgehead atoms. The molecule has 0 N–H and O–H groups in total. The predicted octanol–water partition coefficient (Wildman–Crippen LogP) is 4.39. The summed E-state index contributed by atoms with van der Waals surface area (Å²) in [5, 5.41) is 8.85. The molecule has 3 rings (SSSR count). The average Bonchev–Trinajstić information content (AvgIpc) is 2.60. The van der Waals surface area contributed by atoms with E-state index in [0.717, 1.165) is 5.69 Å². The summed E-state index contributed by atoms with van der Waals surface area (Å²) >= 11 is 0. The van der Waals surface area contributed by atoms with Gasteiger partial charge in [0.25, 0.3) is 0 Å². The normalized spacial score (nSPS) is 11.0. The van der Waals surface area contributed by atoms with Crippen molar-refractivity contribution in [3.8, 4) is 0 Å². The van der Waals surface area contributed by atoms with Crippen LogP contribution in [0.15, 0.2) is 74.0 Å². The first-order valence-corrected chi connectivity index (χ1v) is 7.39. The fourth-order valence-electron chi connectivity index (χ4n) is 2.13. The Bertz CT molecular complexity index is 962. The first-order valence-electron chi connectivity index (χ1n) is 7.39. The Morgan fingerprint density at radius 1 is 1.04 bits per heavy atom. The molecule has 1 heterocycles. The highest BCUT2D eigenvalue weighted by atomic mass is 16.5. The Kier molecular flexibility index (Phi) is 4.47. The van der Waals surface area contributed by atoms with Gasteiger partial charge in [-0.1, -0.05) is 18.2 Å². The number of carbonyl (C=O) groups is 1. The molecule has 24 heavy (non-hydrogen) atoms. The van der Waals surface area contributed by atoms with Crippen LogP contribution in [-0.2, 0) is 4.74 Å². The Hall–Kier alpha value is -3.28. The number of rotatable bonds is 4. The Morgan fingerprint density at radius 2 is 1.79 bits per heavy atom. The van der Waals surface area contributed by atoms with Crippen LogP contribution in [0.25, 0.3) is 11.0 Å². The third-order valence-electron chi connectivity index (χ3n) is 3.25. The molecule has 0 unspecified atom stereocenters. The van der Waals surface area contributed by atoms with Gasteiger partial charge in [-0.05, 0) is 43.3 Å². The van der Waals surface area contributed by atoms with Gasteiger partial charge in [-0.3, -0.25) is 0 Å². The van der Waals surface area contributed by atoms with E-state index < -0.39 is 11.6 Å². The molecular weight excluding hydrogens is 308 g/mol. The van der Waals surface area contributed by atoms with Crippen LogP contribution in [0.2, 0.25) is 0 Å². The number of esters is 1. The summed E-state index contributed by atoms with van der Waals surface area (Å²) in [7, 11) is 0. The van der Waals surface area contributed by atoms with Crippen molar-refractivity contribution in [2.24, 2.45) is 10.2 Å². The van der Waals surface area contributed by atoms with Crippen molar-refractivity contribution < 1.29 is 13.9 Å². The highest BCUT2D eigenvalue weighted by Gasteiger charge is 2.14. The summed E-state index contributed by atoms with van der Waals surface area (Å²) < 4.78 is 10.0. The zero-order valence-corrected chi connectivity index (χ0v) is 12.9. The van der Waals surface area contributed by atoms with Crippen molar-refractivity contribution in [1.29, 1.82) is 0 Å². The lowest BCUT2D eigenvalue weighted by atomic mass is 10.1. The number of carbonyl (C=O) groups excluding carboxylic acids is 1. The van der Waals surface area contributed by atoms with E-state index in [9.17, 15) is 9.59 Å². The minimum Gasteiger partial charge on any atom is -0.462 e. The van der Waals surface area contributed by atoms with Gasteiger partial charge in [-0.2, -0.15) is 10.2 Å². The summed E-state index contributed by atoms with van der Waals surface area (Å²) in [5.41, 5.74) is 0.812. The Balaban J connectivity index is 1.97. The SMILES string of the molecule is CCOC(=O)c1cc2cc(/N=N/c3ccccc3)ccc2oc1=O. The van der Waals surface area contributed by atoms with Gasteiger partial charge < -0.3 is 9.15 Å². The van der Waals surface area contributed by atoms with Gasteiger partial charge in [0, 0.05) is 5.39 Å². The lowest BCUT2D eigenvalue weighted by molar-refractivity contribution is 0.0522. The van der Waals surface area contributed by atoms with Gasteiger partial charge in [0.1, 0.15) is 11.1 Å². The van der Waals surface area contributed by atoms with Gasteiger partial charge in [-0.15, -0.1) is 0 Å². The third-order valence-corrected chi connectivity index (χ3v) is 3.25. The molecule has 0 radical (unpaired) electrons. The zero-order chi connectivity index (χ0) is 16.9. The average molecular weight is 322 g/mol. The molecule has 2 aromatic carbocycles. The number of hydrogen-bond acceptors (Lipinski definition) is 6. The molecule has 6 nitrogen and oxygen atoms in total. The fraction of sp³-hybridized carbons (Fsp3) is 0.111. The number of nitrogens with zero attached hydrogens (tertiary/aromatic N) is 2. The van der Waals surface area contributed by atoms with Crippen LogP contribution in [0.4, 0.5) is 11.4 Å². The lowest BCUT2D eigenvalue weighted by Gasteiger charge is -2.02. The molecule has 0 atom stereocenters. The Morgan fingerprint density at radius 3 is 2.54 bits per heavy atom. The molecule has 0 aliphatic carbocycles. The molecule has 0 aliphatic heterocycles. The maximum Gasteiger partial charge on any atom is 0.351 e. The largest absolute Gasteiger partial charge is 0.462 e. The van der Waals surface area contributed by atoms with E-state index in [1.807, 2.05) is 30.3 Å². The van der Waals surface area contributed by atoms with E-state index in [-0.39, 0.29) is 12.2 Å². The molecule has 3 aromatic rings. The van der Waals surface area contributed by atoms with E-state index in [1.165, 1.54) is 6.07 Å². The van der Waals surface area contributed by atoms with Crippen LogP contribution in [0.5, 0.6) is 0 Å². The number of ether oxygens (including phenoxy) is 1. The summed E-state index contributed by atoms with van der Waals surface area (Å²) in [6.07, 6.45) is 0. The van der Waals surface area contributed by atoms with Gasteiger partial charge in [0.05, 0.1) is 18.0 Å². The van der Waals surface area contributed by atoms with Crippen LogP contribution in [-0.4, -0.2) is 12.6 Å². The van der Waals surface area contributed by atoms with Crippen molar-refractivity contribution in [1.82, 2.24) is 0 Å². The first kappa shape index (κ1) is 15.6. The number of azo groups is 1. The van der Waals surface area contributed by atoms with E-state index >= 15 is 0 Å². The van der Waals surface area contributed by atoms with Gasteiger partial charge in [-0.25, -0.2) is 9.59 Å². The molecule has 0 spiro atoms. The fourth-order valence-corrected chi connectivity index (χ4v) is 2.13. The number of benzene rings is 2. The van der Waals surface area contributed by atoms with Crippen molar-refractivity contribution in [2.75, 3.05) is 6.61 Å². The molecule has 0 fully saturated rings. The smallest absolute Gasteiger partial charge is 0.351 e. The quantitative estimate of drug-likeness (QED) is 0.405. The van der Waals surface area contributed by atoms with Crippen LogP contribution in [0.1, 0.15) is 17.3 Å². The summed E-state index contributed by atoms with van der Waals surface area (Å²) in [4.78, 5) is 23.6. The maximum absolute atomic E-state index is 11.8. The van der Waals surface area contributed by atoms with Crippen molar-refractivity contribution in [3.05, 3.63) is 70.6 Å². The van der Waals surface area contributed by atoms with Gasteiger partial charge in [0.15, 0.2) is 0 Å². The second kappa shape index (κ2) is 6.87. The van der Waals surface area contributed by atoms with Gasteiger partial charge >= 0.3 is 11.6 Å². The zero-order valence-electron chi connectivity index (χ0n) is 12.9. The minimum atomic E-state index is -0.723. The molecule has 0 amide bonds. The minimum absolute atomic E-state index is 0.138. The van der Waals surface area contributed by atoms with Crippen molar-refractivity contribution >= 4 is 28.3 Å². The molecule has 0 aliphatic rings. The highest BCUT2D eigenvalue weighted by molar-refractivity contribution is 5.93. The monoisotopic (exact) mass is 322 g/mol. The summed E-state index contributed by atoms with van der Waals surface area (Å²) in [5.74, 6) is -0.704. The predicted molar refractivity (Wildman–Crippen MR) is 89.1 cm³/mol. The third kappa shape index (κ3) is 3.38. The van der Waals surface area contributed by atoms with Crippen LogP contribution in [0.3, 0.4) is 0 Å². The van der Waals surface area contributed by atoms with E-state index in [2.05, 4.69) is 10.2 Å². The maximum atomic E-state index is 11.8. The number of hydrogen-bond donors (Lipinski definition) is 0.